The molecule has 6 heteroatoms. The monoisotopic (exact) mass is 364 g/mol. The number of aryl methyl sites for hydroxylation is 1. The molecule has 2 rings (SSSR count). The van der Waals surface area contributed by atoms with Gasteiger partial charge in [-0.2, -0.15) is 5.26 Å². The first kappa shape index (κ1) is 20.0. The number of primary amides is 1. The molecule has 6 nitrogen and oxygen atoms in total. The van der Waals surface area contributed by atoms with Crippen LogP contribution in [0.3, 0.4) is 0 Å². The maximum absolute atomic E-state index is 12.0. The van der Waals surface area contributed by atoms with Gasteiger partial charge in [0, 0.05) is 17.8 Å². The first-order chi connectivity index (χ1) is 12.9. The molecule has 0 spiro atoms. The summed E-state index contributed by atoms with van der Waals surface area (Å²) in [6.07, 6.45) is 2.16. The topological polar surface area (TPSA) is 122 Å². The van der Waals surface area contributed by atoms with Crippen LogP contribution in [0.1, 0.15) is 48.3 Å². The third-order valence-electron chi connectivity index (χ3n) is 4.42. The predicted octanol–water partition coefficient (Wildman–Crippen LogP) is 3.22. The molecule has 0 aliphatic heterocycles. The third kappa shape index (κ3) is 5.86. The molecule has 0 heterocycles. The zero-order valence-corrected chi connectivity index (χ0v) is 15.4. The lowest BCUT2D eigenvalue weighted by Crippen LogP contribution is -2.22. The molecule has 0 saturated heterocycles. The quantitative estimate of drug-likeness (QED) is 0.491. The number of hydrogen-bond donors (Lipinski definition) is 3. The van der Waals surface area contributed by atoms with Crippen molar-refractivity contribution in [3.8, 4) is 6.07 Å². The van der Waals surface area contributed by atoms with Crippen LogP contribution in [0.25, 0.3) is 0 Å². The van der Waals surface area contributed by atoms with Crippen LogP contribution in [-0.2, 0) is 9.59 Å². The van der Waals surface area contributed by atoms with E-state index in [-0.39, 0.29) is 5.91 Å². The summed E-state index contributed by atoms with van der Waals surface area (Å²) in [5, 5.41) is 11.8. The second-order valence-corrected chi connectivity index (χ2v) is 6.57. The second kappa shape index (κ2) is 9.39. The number of nitrogen functional groups attached to an aromatic ring is 1. The van der Waals surface area contributed by atoms with Crippen LogP contribution in [0, 0.1) is 18.3 Å². The van der Waals surface area contributed by atoms with Gasteiger partial charge in [0.1, 0.15) is 0 Å². The molecule has 2 amide bonds. The molecule has 0 saturated carbocycles. The van der Waals surface area contributed by atoms with E-state index in [0.29, 0.717) is 42.5 Å². The summed E-state index contributed by atoms with van der Waals surface area (Å²) in [4.78, 5) is 23.8. The van der Waals surface area contributed by atoms with Crippen LogP contribution in [0.4, 0.5) is 11.4 Å². The molecule has 5 N–H and O–H groups in total. The van der Waals surface area contributed by atoms with Gasteiger partial charge in [0.05, 0.1) is 17.6 Å². The van der Waals surface area contributed by atoms with Crippen molar-refractivity contribution < 1.29 is 9.59 Å². The number of unbranched alkanes of at least 4 members (excludes halogenated alkanes) is 1. The number of nitrogens with one attached hydrogen (secondary N) is 1. The molecular formula is C21H24N4O2. The van der Waals surface area contributed by atoms with E-state index in [9.17, 15) is 9.59 Å². The molecule has 140 valence electrons. The normalized spacial score (nSPS) is 11.4. The van der Waals surface area contributed by atoms with Crippen molar-refractivity contribution >= 4 is 23.2 Å². The Balaban J connectivity index is 1.86. The number of rotatable bonds is 8. The lowest BCUT2D eigenvalue weighted by molar-refractivity contribution is -0.119. The van der Waals surface area contributed by atoms with Gasteiger partial charge in [0.25, 0.3) is 0 Å². The molecule has 0 aliphatic rings. The van der Waals surface area contributed by atoms with Crippen LogP contribution >= 0.6 is 0 Å². The highest BCUT2D eigenvalue weighted by Gasteiger charge is 2.20. The molecule has 0 aromatic heterocycles. The zero-order chi connectivity index (χ0) is 19.8. The van der Waals surface area contributed by atoms with Gasteiger partial charge < -0.3 is 16.8 Å². The minimum Gasteiger partial charge on any atom is -0.398 e. The van der Waals surface area contributed by atoms with Crippen molar-refractivity contribution in [2.75, 3.05) is 11.1 Å². The number of amides is 2. The van der Waals surface area contributed by atoms with Gasteiger partial charge >= 0.3 is 0 Å². The molecular weight excluding hydrogens is 340 g/mol. The van der Waals surface area contributed by atoms with Crippen LogP contribution in [0.2, 0.25) is 0 Å². The first-order valence-electron chi connectivity index (χ1n) is 8.86. The zero-order valence-electron chi connectivity index (χ0n) is 15.4. The summed E-state index contributed by atoms with van der Waals surface area (Å²) in [7, 11) is 0. The predicted molar refractivity (Wildman–Crippen MR) is 106 cm³/mol. The summed E-state index contributed by atoms with van der Waals surface area (Å²) < 4.78 is 0. The summed E-state index contributed by atoms with van der Waals surface area (Å²) in [5.74, 6) is -1.05. The molecule has 1 unspecified atom stereocenters. The van der Waals surface area contributed by atoms with Crippen molar-refractivity contribution in [1.29, 1.82) is 5.26 Å². The van der Waals surface area contributed by atoms with Crippen LogP contribution in [-0.4, -0.2) is 11.8 Å². The van der Waals surface area contributed by atoms with E-state index in [1.165, 1.54) is 0 Å². The van der Waals surface area contributed by atoms with E-state index in [2.05, 4.69) is 5.32 Å². The van der Waals surface area contributed by atoms with E-state index in [0.717, 1.165) is 11.3 Å². The summed E-state index contributed by atoms with van der Waals surface area (Å²) in [6, 6.07) is 14.5. The standard InChI is InChI=1S/C21H24N4O2/c1-14-6-9-16(10-7-14)25-20(26)5-3-2-4-18(21(24)27)17-11-8-15(13-22)12-19(17)23/h6-12,18H,2-5,23H2,1H3,(H2,24,27)(H,25,26). The number of carbonyl (C=O) groups excluding carboxylic acids is 2. The van der Waals surface area contributed by atoms with E-state index in [1.807, 2.05) is 37.3 Å². The summed E-state index contributed by atoms with van der Waals surface area (Å²) >= 11 is 0. The highest BCUT2D eigenvalue weighted by Crippen LogP contribution is 2.28. The largest absolute Gasteiger partial charge is 0.398 e. The fourth-order valence-corrected chi connectivity index (χ4v) is 2.91. The Morgan fingerprint density at radius 2 is 1.85 bits per heavy atom. The number of nitriles is 1. The van der Waals surface area contributed by atoms with Crippen molar-refractivity contribution in [3.63, 3.8) is 0 Å². The Bertz CT molecular complexity index is 853. The van der Waals surface area contributed by atoms with Crippen molar-refractivity contribution in [1.82, 2.24) is 0 Å². The Kier molecular flexibility index (Phi) is 6.95. The average molecular weight is 364 g/mol. The Morgan fingerprint density at radius 3 is 2.44 bits per heavy atom. The van der Waals surface area contributed by atoms with Crippen LogP contribution in [0.15, 0.2) is 42.5 Å². The van der Waals surface area contributed by atoms with Gasteiger partial charge in [0.2, 0.25) is 11.8 Å². The van der Waals surface area contributed by atoms with Crippen molar-refractivity contribution in [2.45, 2.75) is 38.5 Å². The van der Waals surface area contributed by atoms with E-state index in [4.69, 9.17) is 16.7 Å². The first-order valence-corrected chi connectivity index (χ1v) is 8.86. The fourth-order valence-electron chi connectivity index (χ4n) is 2.91. The maximum Gasteiger partial charge on any atom is 0.225 e. The number of nitrogens with two attached hydrogens (primary N) is 2. The highest BCUT2D eigenvalue weighted by molar-refractivity contribution is 5.90. The van der Waals surface area contributed by atoms with Gasteiger partial charge in [-0.3, -0.25) is 9.59 Å². The van der Waals surface area contributed by atoms with Crippen molar-refractivity contribution in [2.24, 2.45) is 5.73 Å². The number of anilines is 2. The SMILES string of the molecule is Cc1ccc(NC(=O)CCCCC(C(N)=O)c2ccc(C#N)cc2N)cc1. The van der Waals surface area contributed by atoms with Crippen LogP contribution in [0.5, 0.6) is 0 Å². The molecule has 27 heavy (non-hydrogen) atoms. The Morgan fingerprint density at radius 1 is 1.15 bits per heavy atom. The van der Waals surface area contributed by atoms with E-state index in [1.54, 1.807) is 18.2 Å². The fraction of sp³-hybridized carbons (Fsp3) is 0.286. The van der Waals surface area contributed by atoms with Crippen LogP contribution < -0.4 is 16.8 Å². The Hall–Kier alpha value is -3.33. The minimum absolute atomic E-state index is 0.0626. The third-order valence-corrected chi connectivity index (χ3v) is 4.42. The number of benzene rings is 2. The average Bonchev–Trinajstić information content (AvgIpc) is 2.64. The molecule has 0 fully saturated rings. The van der Waals surface area contributed by atoms with Gasteiger partial charge in [-0.25, -0.2) is 0 Å². The summed E-state index contributed by atoms with van der Waals surface area (Å²) in [6.45, 7) is 1.99. The summed E-state index contributed by atoms with van der Waals surface area (Å²) in [5.41, 5.74) is 14.8. The van der Waals surface area contributed by atoms with Crippen molar-refractivity contribution in [3.05, 3.63) is 59.2 Å². The number of nitrogens with zero attached hydrogens (tertiary/aromatic N) is 1. The molecule has 0 bridgehead atoms. The smallest absolute Gasteiger partial charge is 0.225 e. The minimum atomic E-state index is -0.530. The van der Waals surface area contributed by atoms with E-state index >= 15 is 0 Å². The second-order valence-electron chi connectivity index (χ2n) is 6.57. The number of hydrogen-bond acceptors (Lipinski definition) is 4. The molecule has 2 aromatic carbocycles. The lowest BCUT2D eigenvalue weighted by Gasteiger charge is -2.16. The Labute approximate surface area is 159 Å². The molecule has 2 aromatic rings. The van der Waals surface area contributed by atoms with Gasteiger partial charge in [0.15, 0.2) is 0 Å². The lowest BCUT2D eigenvalue weighted by atomic mass is 9.90. The molecule has 0 aliphatic carbocycles. The van der Waals surface area contributed by atoms with Gasteiger partial charge in [-0.15, -0.1) is 0 Å². The number of carbonyl (C=O) groups is 2. The highest BCUT2D eigenvalue weighted by atomic mass is 16.2. The van der Waals surface area contributed by atoms with Gasteiger partial charge in [-0.1, -0.05) is 30.2 Å². The maximum atomic E-state index is 12.0. The van der Waals surface area contributed by atoms with E-state index < -0.39 is 11.8 Å². The molecule has 0 radical (unpaired) electrons. The molecule has 1 atom stereocenters. The van der Waals surface area contributed by atoms with Gasteiger partial charge in [-0.05, 0) is 49.6 Å².